The molecule has 2 aromatic heterocycles. The average molecular weight is 254 g/mol. The molecular weight excluding hydrogens is 244 g/mol. The van der Waals surface area contributed by atoms with Crippen molar-refractivity contribution in [1.82, 2.24) is 19.4 Å². The van der Waals surface area contributed by atoms with E-state index < -0.39 is 11.5 Å². The van der Waals surface area contributed by atoms with E-state index in [4.69, 9.17) is 0 Å². The van der Waals surface area contributed by atoms with E-state index in [1.54, 1.807) is 6.07 Å². The first-order valence-electron chi connectivity index (χ1n) is 5.71. The van der Waals surface area contributed by atoms with Crippen molar-refractivity contribution in [3.8, 4) is 11.3 Å². The molecule has 0 saturated carbocycles. The van der Waals surface area contributed by atoms with Gasteiger partial charge in [0.2, 0.25) is 5.91 Å². The molecule has 1 aromatic carbocycles. The van der Waals surface area contributed by atoms with Crippen LogP contribution < -0.4 is 5.56 Å². The van der Waals surface area contributed by atoms with Gasteiger partial charge in [-0.2, -0.15) is 14.9 Å². The summed E-state index contributed by atoms with van der Waals surface area (Å²) in [6.45, 7) is 1.29. The van der Waals surface area contributed by atoms with Crippen LogP contribution in [0.15, 0.2) is 47.5 Å². The number of fused-ring (bicyclic) bond motifs is 1. The van der Waals surface area contributed by atoms with Gasteiger partial charge in [0.15, 0.2) is 0 Å². The Balaban J connectivity index is 2.25. The highest BCUT2D eigenvalue weighted by Crippen LogP contribution is 2.17. The Labute approximate surface area is 107 Å². The smallest absolute Gasteiger partial charge is 0.273 e. The van der Waals surface area contributed by atoms with E-state index in [-0.39, 0.29) is 0 Å². The molecule has 3 rings (SSSR count). The molecule has 0 saturated heterocycles. The molecule has 0 atom stereocenters. The summed E-state index contributed by atoms with van der Waals surface area (Å²) in [5.74, 6) is -0.421. The number of carbonyl (C=O) groups excluding carboxylic acids is 1. The van der Waals surface area contributed by atoms with Crippen molar-refractivity contribution < 1.29 is 4.79 Å². The Bertz CT molecular complexity index is 818. The van der Waals surface area contributed by atoms with Crippen LogP contribution >= 0.6 is 0 Å². The summed E-state index contributed by atoms with van der Waals surface area (Å²) in [5.41, 5.74) is 1.43. The van der Waals surface area contributed by atoms with Gasteiger partial charge in [0, 0.05) is 12.5 Å². The lowest BCUT2D eigenvalue weighted by atomic mass is 10.1. The van der Waals surface area contributed by atoms with E-state index >= 15 is 0 Å². The SMILES string of the molecule is CC(=O)n1ncn2nc(-c3ccccc3)cc2c1=O. The zero-order chi connectivity index (χ0) is 13.4. The predicted molar refractivity (Wildman–Crippen MR) is 69.0 cm³/mol. The highest BCUT2D eigenvalue weighted by atomic mass is 16.2. The number of hydrogen-bond acceptors (Lipinski definition) is 4. The van der Waals surface area contributed by atoms with E-state index in [0.717, 1.165) is 10.2 Å². The van der Waals surface area contributed by atoms with E-state index in [1.165, 1.54) is 17.8 Å². The van der Waals surface area contributed by atoms with Crippen molar-refractivity contribution in [2.24, 2.45) is 0 Å². The number of benzene rings is 1. The van der Waals surface area contributed by atoms with Gasteiger partial charge in [0.1, 0.15) is 11.8 Å². The quantitative estimate of drug-likeness (QED) is 0.654. The molecule has 0 aliphatic rings. The summed E-state index contributed by atoms with van der Waals surface area (Å²) in [5, 5.41) is 8.04. The van der Waals surface area contributed by atoms with Gasteiger partial charge in [-0.15, -0.1) is 0 Å². The van der Waals surface area contributed by atoms with Crippen LogP contribution in [-0.2, 0) is 0 Å². The maximum atomic E-state index is 12.0. The third-order valence-electron chi connectivity index (χ3n) is 2.79. The van der Waals surface area contributed by atoms with Gasteiger partial charge in [0.05, 0.1) is 5.69 Å². The van der Waals surface area contributed by atoms with Crippen molar-refractivity contribution in [1.29, 1.82) is 0 Å². The van der Waals surface area contributed by atoms with E-state index in [9.17, 15) is 9.59 Å². The fraction of sp³-hybridized carbons (Fsp3) is 0.0769. The minimum atomic E-state index is -0.468. The van der Waals surface area contributed by atoms with Gasteiger partial charge in [-0.1, -0.05) is 30.3 Å². The van der Waals surface area contributed by atoms with Gasteiger partial charge in [0.25, 0.3) is 5.56 Å². The molecule has 0 aliphatic carbocycles. The van der Waals surface area contributed by atoms with Crippen LogP contribution in [0.1, 0.15) is 11.7 Å². The van der Waals surface area contributed by atoms with Crippen molar-refractivity contribution in [2.75, 3.05) is 0 Å². The monoisotopic (exact) mass is 254 g/mol. The number of nitrogens with zero attached hydrogens (tertiary/aromatic N) is 4. The second kappa shape index (κ2) is 4.16. The minimum Gasteiger partial charge on any atom is -0.273 e. The van der Waals surface area contributed by atoms with Crippen molar-refractivity contribution in [3.05, 3.63) is 53.1 Å². The number of carbonyl (C=O) groups is 1. The van der Waals surface area contributed by atoms with Gasteiger partial charge < -0.3 is 0 Å². The molecule has 0 N–H and O–H groups in total. The molecule has 0 aliphatic heterocycles. The Morgan fingerprint density at radius 2 is 1.95 bits per heavy atom. The summed E-state index contributed by atoms with van der Waals surface area (Å²) < 4.78 is 2.20. The number of aromatic nitrogens is 4. The fourth-order valence-electron chi connectivity index (χ4n) is 1.88. The second-order valence-corrected chi connectivity index (χ2v) is 4.09. The third kappa shape index (κ3) is 1.83. The Hall–Kier alpha value is -2.76. The van der Waals surface area contributed by atoms with Gasteiger partial charge >= 0.3 is 0 Å². The zero-order valence-electron chi connectivity index (χ0n) is 10.1. The fourth-order valence-corrected chi connectivity index (χ4v) is 1.88. The normalized spacial score (nSPS) is 10.8. The molecular formula is C13H10N4O2. The van der Waals surface area contributed by atoms with Gasteiger partial charge in [-0.05, 0) is 6.07 Å². The molecule has 3 aromatic rings. The van der Waals surface area contributed by atoms with E-state index in [0.29, 0.717) is 11.2 Å². The van der Waals surface area contributed by atoms with Crippen LogP contribution in [0.5, 0.6) is 0 Å². The van der Waals surface area contributed by atoms with Gasteiger partial charge in [-0.3, -0.25) is 9.59 Å². The Kier molecular flexibility index (Phi) is 2.49. The summed E-state index contributed by atoms with van der Waals surface area (Å²) in [6, 6.07) is 11.1. The molecule has 0 bridgehead atoms. The lowest BCUT2D eigenvalue weighted by Gasteiger charge is -1.97. The summed E-state index contributed by atoms with van der Waals surface area (Å²) in [4.78, 5) is 23.3. The van der Waals surface area contributed by atoms with Crippen molar-refractivity contribution >= 4 is 11.4 Å². The number of hydrogen-bond donors (Lipinski definition) is 0. The van der Waals surface area contributed by atoms with E-state index in [1.807, 2.05) is 30.3 Å². The van der Waals surface area contributed by atoms with Crippen LogP contribution in [0.2, 0.25) is 0 Å². The molecule has 19 heavy (non-hydrogen) atoms. The van der Waals surface area contributed by atoms with Crippen LogP contribution in [-0.4, -0.2) is 25.3 Å². The predicted octanol–water partition coefficient (Wildman–Crippen LogP) is 1.22. The molecule has 0 unspecified atom stereocenters. The molecule has 0 spiro atoms. The van der Waals surface area contributed by atoms with Crippen LogP contribution in [0.25, 0.3) is 16.8 Å². The van der Waals surface area contributed by atoms with Crippen molar-refractivity contribution in [3.63, 3.8) is 0 Å². The summed E-state index contributed by atoms with van der Waals surface area (Å²) >= 11 is 0. The Morgan fingerprint density at radius 1 is 1.21 bits per heavy atom. The highest BCUT2D eigenvalue weighted by molar-refractivity contribution is 5.76. The van der Waals surface area contributed by atoms with Crippen molar-refractivity contribution in [2.45, 2.75) is 6.92 Å². The second-order valence-electron chi connectivity index (χ2n) is 4.09. The Morgan fingerprint density at radius 3 is 2.63 bits per heavy atom. The maximum absolute atomic E-state index is 12.0. The molecule has 6 heteroatoms. The molecule has 0 radical (unpaired) electrons. The largest absolute Gasteiger partial charge is 0.300 e. The highest BCUT2D eigenvalue weighted by Gasteiger charge is 2.11. The lowest BCUT2D eigenvalue weighted by Crippen LogP contribution is -2.28. The maximum Gasteiger partial charge on any atom is 0.300 e. The molecule has 6 nitrogen and oxygen atoms in total. The minimum absolute atomic E-state index is 0.323. The molecule has 0 amide bonds. The third-order valence-corrected chi connectivity index (χ3v) is 2.79. The number of rotatable bonds is 1. The first kappa shape index (κ1) is 11.3. The standard InChI is InChI=1S/C13H10N4O2/c1-9(18)17-13(19)12-7-11(15-16(12)8-14-17)10-5-3-2-4-6-10/h2-8H,1H3. The van der Waals surface area contributed by atoms with E-state index in [2.05, 4.69) is 10.2 Å². The first-order valence-corrected chi connectivity index (χ1v) is 5.71. The van der Waals surface area contributed by atoms with Gasteiger partial charge in [-0.25, -0.2) is 4.52 Å². The summed E-state index contributed by atoms with van der Waals surface area (Å²) in [6.07, 6.45) is 1.35. The van der Waals surface area contributed by atoms with Crippen LogP contribution in [0.3, 0.4) is 0 Å². The zero-order valence-corrected chi connectivity index (χ0v) is 10.1. The molecule has 2 heterocycles. The lowest BCUT2D eigenvalue weighted by molar-refractivity contribution is 0.0914. The van der Waals surface area contributed by atoms with Crippen LogP contribution in [0, 0.1) is 0 Å². The average Bonchev–Trinajstić information content (AvgIpc) is 2.85. The summed E-state index contributed by atoms with van der Waals surface area (Å²) in [7, 11) is 0. The first-order chi connectivity index (χ1) is 9.16. The molecule has 94 valence electrons. The van der Waals surface area contributed by atoms with Crippen LogP contribution in [0.4, 0.5) is 0 Å². The molecule has 0 fully saturated rings. The topological polar surface area (TPSA) is 69.3 Å².